The molecule has 0 bridgehead atoms. The van der Waals surface area contributed by atoms with Crippen molar-refractivity contribution in [2.24, 2.45) is 5.73 Å². The number of rotatable bonds is 3. The van der Waals surface area contributed by atoms with Crippen LogP contribution in [0.25, 0.3) is 6.08 Å². The summed E-state index contributed by atoms with van der Waals surface area (Å²) in [5.74, 6) is -0.0529. The minimum absolute atomic E-state index is 0.197. The van der Waals surface area contributed by atoms with Crippen LogP contribution in [0.4, 0.5) is 0 Å². The number of amides is 1. The van der Waals surface area contributed by atoms with E-state index < -0.39 is 5.91 Å². The number of imidazole rings is 1. The third kappa shape index (κ3) is 2.55. The Morgan fingerprint density at radius 1 is 1.77 bits per heavy atom. The number of nitrogens with one attached hydrogen (secondary N) is 2. The van der Waals surface area contributed by atoms with Gasteiger partial charge in [-0.05, 0) is 19.1 Å². The second kappa shape index (κ2) is 3.66. The first-order valence-corrected chi connectivity index (χ1v) is 3.68. The minimum Gasteiger partial charge on any atom is -0.364 e. The molecule has 0 spiro atoms. The van der Waals surface area contributed by atoms with Gasteiger partial charge in [-0.3, -0.25) is 4.79 Å². The summed E-state index contributed by atoms with van der Waals surface area (Å²) in [6.07, 6.45) is 4.61. The van der Waals surface area contributed by atoms with Crippen molar-refractivity contribution in [1.82, 2.24) is 9.97 Å². The molecule has 0 aromatic carbocycles. The van der Waals surface area contributed by atoms with Crippen molar-refractivity contribution in [2.45, 2.75) is 6.92 Å². The summed E-state index contributed by atoms with van der Waals surface area (Å²) in [5.41, 5.74) is 5.61. The normalized spacial score (nSPS) is 10.5. The van der Waals surface area contributed by atoms with Crippen LogP contribution < -0.4 is 5.73 Å². The van der Waals surface area contributed by atoms with E-state index in [4.69, 9.17) is 11.1 Å². The molecule has 0 aliphatic carbocycles. The first-order valence-electron chi connectivity index (χ1n) is 3.68. The summed E-state index contributed by atoms with van der Waals surface area (Å²) in [5, 5.41) is 7.11. The van der Waals surface area contributed by atoms with Crippen molar-refractivity contribution < 1.29 is 4.79 Å². The van der Waals surface area contributed by atoms with Gasteiger partial charge in [0.15, 0.2) is 0 Å². The molecule has 0 fully saturated rings. The fourth-order valence-corrected chi connectivity index (χ4v) is 0.752. The molecule has 0 unspecified atom stereocenters. The quantitative estimate of drug-likeness (QED) is 0.589. The number of carbonyl (C=O) groups is 1. The minimum atomic E-state index is -0.567. The van der Waals surface area contributed by atoms with Gasteiger partial charge in [-0.15, -0.1) is 0 Å². The lowest BCUT2D eigenvalue weighted by Crippen LogP contribution is -2.10. The maximum atomic E-state index is 10.6. The van der Waals surface area contributed by atoms with Crippen molar-refractivity contribution in [1.29, 1.82) is 5.41 Å². The molecule has 1 aromatic rings. The molecule has 1 heterocycles. The summed E-state index contributed by atoms with van der Waals surface area (Å²) in [4.78, 5) is 17.2. The van der Waals surface area contributed by atoms with E-state index in [-0.39, 0.29) is 5.69 Å². The van der Waals surface area contributed by atoms with E-state index >= 15 is 0 Å². The smallest absolute Gasteiger partial charge is 0.268 e. The SMILES string of the molecule is CC(=N)/C=C\c1nc(C(N)=O)c[nH]1. The average molecular weight is 178 g/mol. The number of nitrogens with two attached hydrogens (primary N) is 1. The lowest BCUT2D eigenvalue weighted by molar-refractivity contribution is 0.0996. The molecule has 1 amide bonds. The summed E-state index contributed by atoms with van der Waals surface area (Å²) in [7, 11) is 0. The van der Waals surface area contributed by atoms with Crippen molar-refractivity contribution in [3.05, 3.63) is 23.8 Å². The Bertz CT molecular complexity index is 364. The maximum Gasteiger partial charge on any atom is 0.268 e. The third-order valence-electron chi connectivity index (χ3n) is 1.34. The highest BCUT2D eigenvalue weighted by Crippen LogP contribution is 1.98. The zero-order valence-electron chi connectivity index (χ0n) is 7.16. The van der Waals surface area contributed by atoms with Gasteiger partial charge >= 0.3 is 0 Å². The summed E-state index contributed by atoms with van der Waals surface area (Å²) in [6.45, 7) is 1.65. The Morgan fingerprint density at radius 3 is 2.92 bits per heavy atom. The standard InChI is InChI=1S/C8H10N4O/c1-5(9)2-3-7-11-4-6(12-7)8(10)13/h2-4,9H,1H3,(H2,10,13)(H,11,12)/b3-2-,9-5?. The molecule has 0 atom stereocenters. The average Bonchev–Trinajstić information content (AvgIpc) is 2.48. The summed E-state index contributed by atoms with van der Waals surface area (Å²) < 4.78 is 0. The van der Waals surface area contributed by atoms with E-state index in [0.29, 0.717) is 11.5 Å². The van der Waals surface area contributed by atoms with Crippen LogP contribution in [0.5, 0.6) is 0 Å². The first kappa shape index (κ1) is 9.18. The van der Waals surface area contributed by atoms with Crippen LogP contribution in [0, 0.1) is 5.41 Å². The van der Waals surface area contributed by atoms with Gasteiger partial charge in [-0.1, -0.05) is 0 Å². The van der Waals surface area contributed by atoms with Crippen LogP contribution in [-0.2, 0) is 0 Å². The molecule has 5 nitrogen and oxygen atoms in total. The van der Waals surface area contributed by atoms with Crippen molar-refractivity contribution in [3.63, 3.8) is 0 Å². The number of aromatic nitrogens is 2. The molecule has 5 heteroatoms. The highest BCUT2D eigenvalue weighted by Gasteiger charge is 2.03. The highest BCUT2D eigenvalue weighted by molar-refractivity contribution is 5.94. The van der Waals surface area contributed by atoms with Crippen molar-refractivity contribution >= 4 is 17.7 Å². The number of aromatic amines is 1. The molecule has 0 radical (unpaired) electrons. The number of allylic oxidation sites excluding steroid dienone is 1. The molecule has 68 valence electrons. The van der Waals surface area contributed by atoms with E-state index in [1.165, 1.54) is 6.20 Å². The van der Waals surface area contributed by atoms with Crippen molar-refractivity contribution in [2.75, 3.05) is 0 Å². The number of hydrogen-bond acceptors (Lipinski definition) is 3. The largest absolute Gasteiger partial charge is 0.364 e. The molecule has 0 saturated heterocycles. The summed E-state index contributed by atoms with van der Waals surface area (Å²) in [6, 6.07) is 0. The first-order chi connectivity index (χ1) is 6.09. The van der Waals surface area contributed by atoms with E-state index in [0.717, 1.165) is 0 Å². The number of hydrogen-bond donors (Lipinski definition) is 3. The van der Waals surface area contributed by atoms with E-state index in [1.54, 1.807) is 19.1 Å². The molecule has 0 aliphatic heterocycles. The van der Waals surface area contributed by atoms with E-state index in [1.807, 2.05) is 0 Å². The van der Waals surface area contributed by atoms with Crippen LogP contribution in [-0.4, -0.2) is 21.6 Å². The number of H-pyrrole nitrogens is 1. The second-order valence-electron chi connectivity index (χ2n) is 2.55. The zero-order valence-corrected chi connectivity index (χ0v) is 7.16. The van der Waals surface area contributed by atoms with Gasteiger partial charge in [-0.25, -0.2) is 4.98 Å². The lowest BCUT2D eigenvalue weighted by Gasteiger charge is -1.84. The molecular formula is C8H10N4O. The van der Waals surface area contributed by atoms with Gasteiger partial charge in [0.1, 0.15) is 11.5 Å². The van der Waals surface area contributed by atoms with Crippen LogP contribution in [0.2, 0.25) is 0 Å². The topological polar surface area (TPSA) is 95.6 Å². The predicted octanol–water partition coefficient (Wildman–Crippen LogP) is 0.561. The highest BCUT2D eigenvalue weighted by atomic mass is 16.1. The van der Waals surface area contributed by atoms with E-state index in [2.05, 4.69) is 9.97 Å². The predicted molar refractivity (Wildman–Crippen MR) is 49.5 cm³/mol. The van der Waals surface area contributed by atoms with Gasteiger partial charge < -0.3 is 16.1 Å². The molecule has 4 N–H and O–H groups in total. The molecular weight excluding hydrogens is 168 g/mol. The lowest BCUT2D eigenvalue weighted by atomic mass is 10.3. The number of carbonyl (C=O) groups excluding carboxylic acids is 1. The monoisotopic (exact) mass is 178 g/mol. The Labute approximate surface area is 75.2 Å². The number of primary amides is 1. The molecule has 13 heavy (non-hydrogen) atoms. The fraction of sp³-hybridized carbons (Fsp3) is 0.125. The van der Waals surface area contributed by atoms with Crippen molar-refractivity contribution in [3.8, 4) is 0 Å². The fourth-order valence-electron chi connectivity index (χ4n) is 0.752. The van der Waals surface area contributed by atoms with Gasteiger partial charge in [0.25, 0.3) is 5.91 Å². The molecule has 1 rings (SSSR count). The van der Waals surface area contributed by atoms with Crippen LogP contribution >= 0.6 is 0 Å². The van der Waals surface area contributed by atoms with Gasteiger partial charge in [0, 0.05) is 11.9 Å². The zero-order chi connectivity index (χ0) is 9.84. The van der Waals surface area contributed by atoms with Gasteiger partial charge in [0.2, 0.25) is 0 Å². The van der Waals surface area contributed by atoms with Gasteiger partial charge in [-0.2, -0.15) is 0 Å². The number of nitrogens with zero attached hydrogens (tertiary/aromatic N) is 1. The molecule has 0 aliphatic rings. The van der Waals surface area contributed by atoms with Crippen LogP contribution in [0.3, 0.4) is 0 Å². The van der Waals surface area contributed by atoms with E-state index in [9.17, 15) is 4.79 Å². The summed E-state index contributed by atoms with van der Waals surface area (Å²) >= 11 is 0. The second-order valence-corrected chi connectivity index (χ2v) is 2.55. The van der Waals surface area contributed by atoms with Crippen LogP contribution in [0.15, 0.2) is 12.3 Å². The van der Waals surface area contributed by atoms with Gasteiger partial charge in [0.05, 0.1) is 0 Å². The third-order valence-corrected chi connectivity index (χ3v) is 1.34. The van der Waals surface area contributed by atoms with Crippen LogP contribution in [0.1, 0.15) is 23.2 Å². The molecule has 0 saturated carbocycles. The Kier molecular flexibility index (Phi) is 2.59. The Hall–Kier alpha value is -1.91. The molecule has 1 aromatic heterocycles. The maximum absolute atomic E-state index is 10.6. The Balaban J connectivity index is 2.80. The Morgan fingerprint density at radius 2 is 2.46 bits per heavy atom.